The number of nitrogens with one attached hydrogen (secondary N) is 2. The van der Waals surface area contributed by atoms with Gasteiger partial charge < -0.3 is 9.88 Å². The van der Waals surface area contributed by atoms with E-state index in [1.807, 2.05) is 17.2 Å². The highest BCUT2D eigenvalue weighted by molar-refractivity contribution is 5.92. The summed E-state index contributed by atoms with van der Waals surface area (Å²) in [5, 5.41) is 7.62. The Balaban J connectivity index is 1.49. The first kappa shape index (κ1) is 14.0. The first-order chi connectivity index (χ1) is 11.2. The molecule has 6 heteroatoms. The van der Waals surface area contributed by atoms with Crippen molar-refractivity contribution in [3.05, 3.63) is 53.7 Å². The van der Waals surface area contributed by atoms with Crippen molar-refractivity contribution in [2.24, 2.45) is 0 Å². The highest BCUT2D eigenvalue weighted by Gasteiger charge is 2.26. The number of likely N-dealkylation sites (tertiary alicyclic amines) is 1. The molecule has 1 aliphatic rings. The first-order valence-corrected chi connectivity index (χ1v) is 7.77. The van der Waals surface area contributed by atoms with E-state index < -0.39 is 0 Å². The molecule has 5 nitrogen and oxygen atoms in total. The molecular weight excluding hydrogens is 295 g/mol. The van der Waals surface area contributed by atoms with Crippen molar-refractivity contribution < 1.29 is 9.18 Å². The van der Waals surface area contributed by atoms with E-state index >= 15 is 0 Å². The summed E-state index contributed by atoms with van der Waals surface area (Å²) in [5.41, 5.74) is 2.58. The topological polar surface area (TPSA) is 64.8 Å². The molecule has 0 aliphatic carbocycles. The molecule has 0 saturated carbocycles. The predicted octanol–water partition coefficient (Wildman–Crippen LogP) is 3.05. The zero-order valence-electron chi connectivity index (χ0n) is 12.6. The molecule has 0 radical (unpaired) electrons. The van der Waals surface area contributed by atoms with Gasteiger partial charge in [0.15, 0.2) is 0 Å². The Labute approximate surface area is 132 Å². The molecule has 1 aliphatic heterocycles. The van der Waals surface area contributed by atoms with Crippen molar-refractivity contribution in [1.29, 1.82) is 0 Å². The molecule has 4 rings (SSSR count). The van der Waals surface area contributed by atoms with Crippen LogP contribution >= 0.6 is 0 Å². The summed E-state index contributed by atoms with van der Waals surface area (Å²) in [5.74, 6) is 0.160. The molecule has 0 bridgehead atoms. The Morgan fingerprint density at radius 1 is 1.26 bits per heavy atom. The first-order valence-electron chi connectivity index (χ1n) is 7.77. The summed E-state index contributed by atoms with van der Waals surface area (Å²) in [6.45, 7) is 1.44. The number of piperidine rings is 1. The van der Waals surface area contributed by atoms with Crippen LogP contribution in [0.1, 0.15) is 34.8 Å². The van der Waals surface area contributed by atoms with Crippen LogP contribution in [0.4, 0.5) is 4.39 Å². The number of benzene rings is 1. The summed E-state index contributed by atoms with van der Waals surface area (Å²) in [6, 6.07) is 6.55. The fraction of sp³-hybridized carbons (Fsp3) is 0.294. The Morgan fingerprint density at radius 2 is 2.09 bits per heavy atom. The summed E-state index contributed by atoms with van der Waals surface area (Å²) in [7, 11) is 0. The highest BCUT2D eigenvalue weighted by atomic mass is 19.1. The summed E-state index contributed by atoms with van der Waals surface area (Å²) < 4.78 is 13.3. The average molecular weight is 312 g/mol. The zero-order valence-corrected chi connectivity index (χ0v) is 12.6. The minimum Gasteiger partial charge on any atom is -0.361 e. The fourth-order valence-electron chi connectivity index (χ4n) is 3.40. The summed E-state index contributed by atoms with van der Waals surface area (Å²) >= 11 is 0. The number of carbonyl (C=O) groups is 1. The van der Waals surface area contributed by atoms with Crippen molar-refractivity contribution in [2.75, 3.05) is 13.1 Å². The standard InChI is InChI=1S/C17H17FN4O/c18-12-1-2-13-14(10-19-16(13)9-12)11-4-7-22(8-5-11)17(23)15-3-6-20-21-15/h1-3,6,9-11,19H,4-5,7-8H2,(H,20,21). The van der Waals surface area contributed by atoms with Crippen molar-refractivity contribution in [3.8, 4) is 0 Å². The minimum absolute atomic E-state index is 0.00180. The van der Waals surface area contributed by atoms with Crippen LogP contribution in [0.3, 0.4) is 0 Å². The van der Waals surface area contributed by atoms with Crippen LogP contribution < -0.4 is 0 Å². The quantitative estimate of drug-likeness (QED) is 0.764. The Kier molecular flexibility index (Phi) is 3.37. The third-order valence-electron chi connectivity index (χ3n) is 4.63. The molecule has 0 unspecified atom stereocenters. The molecule has 0 spiro atoms. The number of halogens is 1. The van der Waals surface area contributed by atoms with Gasteiger partial charge in [0.25, 0.3) is 5.91 Å². The lowest BCUT2D eigenvalue weighted by Crippen LogP contribution is -2.38. The normalized spacial score (nSPS) is 16.1. The van der Waals surface area contributed by atoms with Gasteiger partial charge in [0.05, 0.1) is 0 Å². The lowest BCUT2D eigenvalue weighted by Gasteiger charge is -2.31. The Morgan fingerprint density at radius 3 is 2.83 bits per heavy atom. The van der Waals surface area contributed by atoms with Crippen molar-refractivity contribution >= 4 is 16.8 Å². The van der Waals surface area contributed by atoms with Gasteiger partial charge in [0.2, 0.25) is 0 Å². The van der Waals surface area contributed by atoms with E-state index in [1.165, 1.54) is 17.7 Å². The maximum atomic E-state index is 13.3. The largest absolute Gasteiger partial charge is 0.361 e. The van der Waals surface area contributed by atoms with Crippen LogP contribution in [-0.2, 0) is 0 Å². The summed E-state index contributed by atoms with van der Waals surface area (Å²) in [4.78, 5) is 17.3. The number of amides is 1. The third kappa shape index (κ3) is 2.50. The SMILES string of the molecule is O=C(c1ccn[nH]1)N1CCC(c2c[nH]c3cc(F)ccc23)CC1. The molecule has 23 heavy (non-hydrogen) atoms. The van der Waals surface area contributed by atoms with E-state index in [4.69, 9.17) is 0 Å². The van der Waals surface area contributed by atoms with Crippen molar-refractivity contribution in [1.82, 2.24) is 20.1 Å². The smallest absolute Gasteiger partial charge is 0.271 e. The second kappa shape index (κ2) is 5.53. The van der Waals surface area contributed by atoms with Gasteiger partial charge in [-0.05, 0) is 48.6 Å². The second-order valence-corrected chi connectivity index (χ2v) is 5.97. The van der Waals surface area contributed by atoms with Crippen molar-refractivity contribution in [2.45, 2.75) is 18.8 Å². The van der Waals surface area contributed by atoms with Crippen LogP contribution in [0, 0.1) is 5.82 Å². The number of fused-ring (bicyclic) bond motifs is 1. The van der Waals surface area contributed by atoms with Gasteiger partial charge in [0.1, 0.15) is 11.5 Å². The minimum atomic E-state index is -0.231. The number of hydrogen-bond acceptors (Lipinski definition) is 2. The van der Waals surface area contributed by atoms with E-state index in [0.717, 1.165) is 36.8 Å². The highest BCUT2D eigenvalue weighted by Crippen LogP contribution is 2.33. The van der Waals surface area contributed by atoms with Crippen LogP contribution in [0.25, 0.3) is 10.9 Å². The zero-order chi connectivity index (χ0) is 15.8. The molecular formula is C17H17FN4O. The monoisotopic (exact) mass is 312 g/mol. The molecule has 1 aromatic carbocycles. The number of H-pyrrole nitrogens is 2. The number of carbonyl (C=O) groups excluding carboxylic acids is 1. The summed E-state index contributed by atoms with van der Waals surface area (Å²) in [6.07, 6.45) is 5.38. The number of aromatic nitrogens is 3. The molecule has 3 aromatic rings. The third-order valence-corrected chi connectivity index (χ3v) is 4.63. The maximum absolute atomic E-state index is 13.3. The molecule has 2 aromatic heterocycles. The van der Waals surface area contributed by atoms with Crippen LogP contribution in [0.2, 0.25) is 0 Å². The number of rotatable bonds is 2. The Bertz CT molecular complexity index is 832. The fourth-order valence-corrected chi connectivity index (χ4v) is 3.40. The van der Waals surface area contributed by atoms with E-state index in [2.05, 4.69) is 15.2 Å². The van der Waals surface area contributed by atoms with Crippen LogP contribution in [0.5, 0.6) is 0 Å². The molecule has 1 saturated heterocycles. The number of aromatic amines is 2. The lowest BCUT2D eigenvalue weighted by molar-refractivity contribution is 0.0707. The predicted molar refractivity (Wildman–Crippen MR) is 84.7 cm³/mol. The number of hydrogen-bond donors (Lipinski definition) is 2. The lowest BCUT2D eigenvalue weighted by atomic mass is 9.89. The van der Waals surface area contributed by atoms with Gasteiger partial charge in [-0.2, -0.15) is 5.10 Å². The molecule has 3 heterocycles. The van der Waals surface area contributed by atoms with Gasteiger partial charge in [-0.15, -0.1) is 0 Å². The molecule has 118 valence electrons. The number of nitrogens with zero attached hydrogens (tertiary/aromatic N) is 2. The van der Waals surface area contributed by atoms with Gasteiger partial charge in [-0.25, -0.2) is 4.39 Å². The van der Waals surface area contributed by atoms with E-state index in [9.17, 15) is 9.18 Å². The second-order valence-electron chi connectivity index (χ2n) is 5.97. The van der Waals surface area contributed by atoms with E-state index in [1.54, 1.807) is 12.3 Å². The average Bonchev–Trinajstić information content (AvgIpc) is 3.23. The van der Waals surface area contributed by atoms with Crippen LogP contribution in [0.15, 0.2) is 36.7 Å². The molecule has 0 atom stereocenters. The van der Waals surface area contributed by atoms with Gasteiger partial charge in [-0.3, -0.25) is 9.89 Å². The maximum Gasteiger partial charge on any atom is 0.271 e. The van der Waals surface area contributed by atoms with E-state index in [0.29, 0.717) is 11.6 Å². The Hall–Kier alpha value is -2.63. The van der Waals surface area contributed by atoms with Gasteiger partial charge in [-0.1, -0.05) is 0 Å². The molecule has 1 amide bonds. The molecule has 1 fully saturated rings. The van der Waals surface area contributed by atoms with Gasteiger partial charge in [0, 0.05) is 36.4 Å². The van der Waals surface area contributed by atoms with Gasteiger partial charge >= 0.3 is 0 Å². The van der Waals surface area contributed by atoms with Crippen LogP contribution in [-0.4, -0.2) is 39.1 Å². The molecule has 2 N–H and O–H groups in total. The van der Waals surface area contributed by atoms with E-state index in [-0.39, 0.29) is 11.7 Å². The van der Waals surface area contributed by atoms with Crippen molar-refractivity contribution in [3.63, 3.8) is 0 Å².